The van der Waals surface area contributed by atoms with E-state index in [4.69, 9.17) is 22.1 Å². The van der Waals surface area contributed by atoms with E-state index in [-0.39, 0.29) is 6.01 Å². The molecule has 0 aliphatic carbocycles. The van der Waals surface area contributed by atoms with Crippen molar-refractivity contribution in [1.82, 2.24) is 19.9 Å². The van der Waals surface area contributed by atoms with Crippen LogP contribution in [0.15, 0.2) is 12.1 Å². The normalized spacial score (nSPS) is 19.6. The average molecular weight is 294 g/mol. The molecule has 0 radical (unpaired) electrons. The molecule has 3 heterocycles. The van der Waals surface area contributed by atoms with Gasteiger partial charge in [-0.3, -0.25) is 0 Å². The minimum Gasteiger partial charge on any atom is -0.462 e. The number of anilines is 1. The zero-order valence-electron chi connectivity index (χ0n) is 11.2. The molecule has 1 fully saturated rings. The first-order valence-corrected chi connectivity index (χ1v) is 6.94. The minimum absolute atomic E-state index is 0.255. The third-order valence-corrected chi connectivity index (χ3v) is 3.82. The smallest absolute Gasteiger partial charge is 0.320 e. The number of ether oxygens (including phenoxy) is 1. The summed E-state index contributed by atoms with van der Waals surface area (Å²) in [6.45, 7) is 1.66. The molecule has 1 aliphatic heterocycles. The fourth-order valence-electron chi connectivity index (χ4n) is 2.41. The van der Waals surface area contributed by atoms with Crippen LogP contribution in [0.3, 0.4) is 0 Å². The van der Waals surface area contributed by atoms with E-state index in [1.165, 1.54) is 6.42 Å². The first-order chi connectivity index (χ1) is 9.63. The fourth-order valence-corrected chi connectivity index (χ4v) is 2.56. The van der Waals surface area contributed by atoms with E-state index in [1.807, 2.05) is 0 Å². The van der Waals surface area contributed by atoms with Gasteiger partial charge in [0.15, 0.2) is 5.65 Å². The van der Waals surface area contributed by atoms with Crippen LogP contribution in [0.1, 0.15) is 12.8 Å². The molecule has 2 aromatic rings. The Balaban J connectivity index is 1.81. The number of rotatable bonds is 3. The maximum atomic E-state index is 5.89. The summed E-state index contributed by atoms with van der Waals surface area (Å²) in [5, 5.41) is 1.05. The van der Waals surface area contributed by atoms with E-state index < -0.39 is 0 Å². The van der Waals surface area contributed by atoms with Crippen LogP contribution < -0.4 is 10.5 Å². The van der Waals surface area contributed by atoms with Crippen LogP contribution in [0.25, 0.3) is 11.0 Å². The number of nitrogen functional groups attached to an aromatic ring is 1. The number of aromatic nitrogens is 3. The van der Waals surface area contributed by atoms with Crippen molar-refractivity contribution in [2.45, 2.75) is 18.9 Å². The number of hydrogen-bond donors (Lipinski definition) is 1. The first kappa shape index (κ1) is 13.3. The van der Waals surface area contributed by atoms with Gasteiger partial charge in [-0.2, -0.15) is 9.97 Å². The highest BCUT2D eigenvalue weighted by atomic mass is 35.5. The third kappa shape index (κ3) is 2.62. The summed E-state index contributed by atoms with van der Waals surface area (Å²) in [4.78, 5) is 14.8. The second-order valence-electron chi connectivity index (χ2n) is 4.98. The molecule has 0 spiro atoms. The predicted molar refractivity (Wildman–Crippen MR) is 77.9 cm³/mol. The van der Waals surface area contributed by atoms with Gasteiger partial charge in [-0.1, -0.05) is 11.6 Å². The molecular formula is C13H16ClN5O. The van der Waals surface area contributed by atoms with Crippen molar-refractivity contribution in [2.75, 3.05) is 25.9 Å². The zero-order chi connectivity index (χ0) is 14.1. The molecule has 0 saturated carbocycles. The Morgan fingerprint density at radius 3 is 3.00 bits per heavy atom. The Morgan fingerprint density at radius 2 is 2.25 bits per heavy atom. The molecule has 0 amide bonds. The van der Waals surface area contributed by atoms with Gasteiger partial charge in [0.25, 0.3) is 0 Å². The van der Waals surface area contributed by atoms with Gasteiger partial charge >= 0.3 is 6.01 Å². The molecule has 3 rings (SSSR count). The predicted octanol–water partition coefficient (Wildman–Crippen LogP) is 1.73. The highest BCUT2D eigenvalue weighted by molar-refractivity contribution is 6.29. The summed E-state index contributed by atoms with van der Waals surface area (Å²) in [7, 11) is 2.10. The highest BCUT2D eigenvalue weighted by Crippen LogP contribution is 2.22. The lowest BCUT2D eigenvalue weighted by atomic mass is 10.2. The van der Waals surface area contributed by atoms with Gasteiger partial charge in [0.1, 0.15) is 17.6 Å². The number of nitrogens with two attached hydrogens (primary N) is 1. The molecule has 2 aromatic heterocycles. The van der Waals surface area contributed by atoms with Crippen LogP contribution in [0.2, 0.25) is 5.15 Å². The van der Waals surface area contributed by atoms with Crippen LogP contribution in [-0.4, -0.2) is 46.1 Å². The summed E-state index contributed by atoms with van der Waals surface area (Å²) in [6, 6.07) is 4.08. The third-order valence-electron chi connectivity index (χ3n) is 3.61. The van der Waals surface area contributed by atoms with Gasteiger partial charge in [-0.05, 0) is 38.6 Å². The van der Waals surface area contributed by atoms with Gasteiger partial charge in [-0.15, -0.1) is 0 Å². The molecule has 0 aromatic carbocycles. The highest BCUT2D eigenvalue weighted by Gasteiger charge is 2.21. The molecule has 1 saturated heterocycles. The largest absolute Gasteiger partial charge is 0.462 e. The van der Waals surface area contributed by atoms with E-state index in [0.717, 1.165) is 13.0 Å². The summed E-state index contributed by atoms with van der Waals surface area (Å²) in [5.74, 6) is 0.356. The molecule has 2 N–H and O–H groups in total. The number of nitrogens with zero attached hydrogens (tertiary/aromatic N) is 4. The summed E-state index contributed by atoms with van der Waals surface area (Å²) < 4.78 is 5.66. The second kappa shape index (κ2) is 5.38. The monoisotopic (exact) mass is 293 g/mol. The van der Waals surface area contributed by atoms with Gasteiger partial charge in [0.05, 0.1) is 5.39 Å². The fraction of sp³-hybridized carbons (Fsp3) is 0.462. The standard InChI is InChI=1S/C13H16ClN5O/c1-19-6-2-3-8(19)7-20-13-17-11(15)9-4-5-10(14)16-12(9)18-13/h4-5,8H,2-3,6-7H2,1H3,(H2,15,16,17,18)/t8-/m0/s1. The maximum Gasteiger partial charge on any atom is 0.320 e. The van der Waals surface area contributed by atoms with E-state index >= 15 is 0 Å². The molecular weight excluding hydrogens is 278 g/mol. The number of fused-ring (bicyclic) bond motifs is 1. The lowest BCUT2D eigenvalue weighted by molar-refractivity contribution is 0.188. The Morgan fingerprint density at radius 1 is 1.40 bits per heavy atom. The number of pyridine rings is 1. The lowest BCUT2D eigenvalue weighted by Crippen LogP contribution is -2.30. The van der Waals surface area contributed by atoms with Crippen LogP contribution in [0.5, 0.6) is 6.01 Å². The number of likely N-dealkylation sites (tertiary alicyclic amines) is 1. The lowest BCUT2D eigenvalue weighted by Gasteiger charge is -2.18. The van der Waals surface area contributed by atoms with E-state index in [0.29, 0.717) is 34.7 Å². The zero-order valence-corrected chi connectivity index (χ0v) is 12.0. The average Bonchev–Trinajstić information content (AvgIpc) is 2.81. The molecule has 6 nitrogen and oxygen atoms in total. The Kier molecular flexibility index (Phi) is 3.58. The van der Waals surface area contributed by atoms with E-state index in [2.05, 4.69) is 26.9 Å². The van der Waals surface area contributed by atoms with Crippen LogP contribution >= 0.6 is 11.6 Å². The number of likely N-dealkylation sites (N-methyl/N-ethyl adjacent to an activating group) is 1. The van der Waals surface area contributed by atoms with Gasteiger partial charge in [0.2, 0.25) is 0 Å². The molecule has 1 atom stereocenters. The Hall–Kier alpha value is -1.66. The topological polar surface area (TPSA) is 77.2 Å². The Labute approximate surface area is 121 Å². The molecule has 106 valence electrons. The molecule has 1 aliphatic rings. The van der Waals surface area contributed by atoms with Gasteiger partial charge in [-0.25, -0.2) is 4.98 Å². The van der Waals surface area contributed by atoms with Crippen LogP contribution in [0, 0.1) is 0 Å². The van der Waals surface area contributed by atoms with Gasteiger partial charge in [0, 0.05) is 6.04 Å². The molecule has 7 heteroatoms. The minimum atomic E-state index is 0.255. The Bertz CT molecular complexity index is 635. The van der Waals surface area contributed by atoms with Gasteiger partial charge < -0.3 is 15.4 Å². The second-order valence-corrected chi connectivity index (χ2v) is 5.37. The van der Waals surface area contributed by atoms with E-state index in [9.17, 15) is 0 Å². The molecule has 20 heavy (non-hydrogen) atoms. The quantitative estimate of drug-likeness (QED) is 0.869. The van der Waals surface area contributed by atoms with Crippen molar-refractivity contribution in [2.24, 2.45) is 0 Å². The summed E-state index contributed by atoms with van der Waals surface area (Å²) in [5.41, 5.74) is 6.35. The van der Waals surface area contributed by atoms with Crippen molar-refractivity contribution >= 4 is 28.5 Å². The van der Waals surface area contributed by atoms with Crippen LogP contribution in [-0.2, 0) is 0 Å². The van der Waals surface area contributed by atoms with Crippen molar-refractivity contribution in [3.05, 3.63) is 17.3 Å². The first-order valence-electron chi connectivity index (χ1n) is 6.56. The van der Waals surface area contributed by atoms with Crippen molar-refractivity contribution in [1.29, 1.82) is 0 Å². The number of hydrogen-bond acceptors (Lipinski definition) is 6. The molecule has 0 bridgehead atoms. The summed E-state index contributed by atoms with van der Waals surface area (Å²) in [6.07, 6.45) is 2.33. The van der Waals surface area contributed by atoms with Crippen molar-refractivity contribution < 1.29 is 4.74 Å². The van der Waals surface area contributed by atoms with Crippen molar-refractivity contribution in [3.8, 4) is 6.01 Å². The summed E-state index contributed by atoms with van der Waals surface area (Å²) >= 11 is 5.86. The van der Waals surface area contributed by atoms with Crippen molar-refractivity contribution in [3.63, 3.8) is 0 Å². The number of halogens is 1. The SMILES string of the molecule is CN1CCC[C@H]1COc1nc(N)c2ccc(Cl)nc2n1. The van der Waals surface area contributed by atoms with Crippen LogP contribution in [0.4, 0.5) is 5.82 Å². The maximum absolute atomic E-state index is 5.89. The molecule has 0 unspecified atom stereocenters. The van der Waals surface area contributed by atoms with E-state index in [1.54, 1.807) is 12.1 Å².